The van der Waals surface area contributed by atoms with Gasteiger partial charge in [-0.05, 0) is 37.8 Å². The van der Waals surface area contributed by atoms with E-state index in [0.717, 1.165) is 31.6 Å². The van der Waals surface area contributed by atoms with Gasteiger partial charge in [-0.3, -0.25) is 14.5 Å². The molecule has 1 aromatic rings. The molecule has 4 fully saturated rings. The zero-order valence-electron chi connectivity index (χ0n) is 19.0. The number of rotatable bonds is 2. The number of fused-ring (bicyclic) bond motifs is 2. The Kier molecular flexibility index (Phi) is 5.80. The maximum Gasteiger partial charge on any atom is 0.235 e. The monoisotopic (exact) mass is 423 g/mol. The van der Waals surface area contributed by atoms with Gasteiger partial charge in [0.1, 0.15) is 0 Å². The van der Waals surface area contributed by atoms with Gasteiger partial charge in [-0.15, -0.1) is 0 Å². The summed E-state index contributed by atoms with van der Waals surface area (Å²) >= 11 is 0. The zero-order valence-corrected chi connectivity index (χ0v) is 19.0. The van der Waals surface area contributed by atoms with Crippen LogP contribution in [0.15, 0.2) is 30.3 Å². The molecule has 0 aromatic heterocycles. The molecule has 3 aliphatic heterocycles. The van der Waals surface area contributed by atoms with E-state index in [1.807, 2.05) is 6.07 Å². The molecule has 31 heavy (non-hydrogen) atoms. The average Bonchev–Trinajstić information content (AvgIpc) is 3.28. The zero-order chi connectivity index (χ0) is 21.4. The summed E-state index contributed by atoms with van der Waals surface area (Å²) in [6.45, 7) is 2.76. The van der Waals surface area contributed by atoms with Crippen molar-refractivity contribution >= 4 is 17.5 Å². The fourth-order valence-electron chi connectivity index (χ4n) is 7.02. The topological polar surface area (TPSA) is 43.9 Å². The molecule has 0 bridgehead atoms. The highest BCUT2D eigenvalue weighted by atomic mass is 16.2. The van der Waals surface area contributed by atoms with Gasteiger partial charge in [0.25, 0.3) is 0 Å². The quantitative estimate of drug-likeness (QED) is 0.673. The van der Waals surface area contributed by atoms with Crippen LogP contribution in [0.25, 0.3) is 0 Å². The van der Waals surface area contributed by atoms with Gasteiger partial charge in [-0.1, -0.05) is 56.7 Å². The van der Waals surface area contributed by atoms with Crippen LogP contribution in [0.2, 0.25) is 0 Å². The van der Waals surface area contributed by atoms with Gasteiger partial charge in [0.15, 0.2) is 0 Å². The second kappa shape index (κ2) is 8.57. The van der Waals surface area contributed by atoms with Crippen molar-refractivity contribution in [1.82, 2.24) is 9.80 Å². The van der Waals surface area contributed by atoms with E-state index < -0.39 is 0 Å². The van der Waals surface area contributed by atoms with Gasteiger partial charge in [0.2, 0.25) is 11.8 Å². The first-order valence-corrected chi connectivity index (χ1v) is 12.5. The van der Waals surface area contributed by atoms with Crippen LogP contribution in [0.5, 0.6) is 0 Å². The van der Waals surface area contributed by atoms with Crippen molar-refractivity contribution in [3.8, 4) is 0 Å². The molecule has 0 unspecified atom stereocenters. The number of likely N-dealkylation sites (tertiary alicyclic amines) is 2. The fraction of sp³-hybridized carbons (Fsp3) is 0.692. The molecule has 0 radical (unpaired) electrons. The molecule has 1 aromatic carbocycles. The first-order chi connectivity index (χ1) is 15.1. The van der Waals surface area contributed by atoms with Crippen molar-refractivity contribution in [2.75, 3.05) is 31.6 Å². The van der Waals surface area contributed by atoms with Crippen molar-refractivity contribution in [2.45, 2.75) is 75.8 Å². The minimum absolute atomic E-state index is 0.0199. The summed E-state index contributed by atoms with van der Waals surface area (Å²) in [4.78, 5) is 32.7. The molecule has 3 saturated heterocycles. The second-order valence-electron chi connectivity index (χ2n) is 10.3. The number of nitrogens with zero attached hydrogens (tertiary/aromatic N) is 3. The van der Waals surface area contributed by atoms with Gasteiger partial charge in [-0.2, -0.15) is 0 Å². The first kappa shape index (κ1) is 21.0. The molecule has 1 saturated carbocycles. The third kappa shape index (κ3) is 3.59. The lowest BCUT2D eigenvalue weighted by molar-refractivity contribution is -0.139. The molecule has 1 spiro atoms. The number of imide groups is 1. The highest BCUT2D eigenvalue weighted by Gasteiger charge is 2.64. The summed E-state index contributed by atoms with van der Waals surface area (Å²) < 4.78 is 0. The minimum Gasteiger partial charge on any atom is -0.364 e. The van der Waals surface area contributed by atoms with Crippen LogP contribution in [-0.4, -0.2) is 59.9 Å². The number of amides is 2. The summed E-state index contributed by atoms with van der Waals surface area (Å²) in [6.07, 6.45) is 12.9. The number of hydrogen-bond acceptors (Lipinski definition) is 4. The molecule has 5 nitrogen and oxygen atoms in total. The van der Waals surface area contributed by atoms with Crippen molar-refractivity contribution in [3.63, 3.8) is 0 Å². The Morgan fingerprint density at radius 2 is 1.45 bits per heavy atom. The fourth-order valence-corrected chi connectivity index (χ4v) is 7.02. The number of benzene rings is 1. The van der Waals surface area contributed by atoms with Crippen LogP contribution in [0.1, 0.15) is 64.2 Å². The molecule has 168 valence electrons. The lowest BCUT2D eigenvalue weighted by Gasteiger charge is -2.50. The van der Waals surface area contributed by atoms with E-state index in [-0.39, 0.29) is 29.2 Å². The van der Waals surface area contributed by atoms with E-state index in [1.54, 1.807) is 7.05 Å². The van der Waals surface area contributed by atoms with E-state index in [9.17, 15) is 9.59 Å². The van der Waals surface area contributed by atoms with Crippen molar-refractivity contribution in [3.05, 3.63) is 30.3 Å². The summed E-state index contributed by atoms with van der Waals surface area (Å²) in [5.41, 5.74) is 0.939. The summed E-state index contributed by atoms with van der Waals surface area (Å²) in [7, 11) is 1.68. The molecule has 5 rings (SSSR count). The summed E-state index contributed by atoms with van der Waals surface area (Å²) in [5, 5.41) is 0. The van der Waals surface area contributed by atoms with Crippen LogP contribution in [0, 0.1) is 11.8 Å². The highest BCUT2D eigenvalue weighted by molar-refractivity contribution is 6.07. The Labute approximate surface area is 186 Å². The number of para-hydroxylation sites is 1. The largest absolute Gasteiger partial charge is 0.364 e. The first-order valence-electron chi connectivity index (χ1n) is 12.5. The average molecular weight is 424 g/mol. The molecule has 1 aliphatic carbocycles. The molecule has 0 N–H and O–H groups in total. The molecular formula is C26H37N3O2. The smallest absolute Gasteiger partial charge is 0.235 e. The van der Waals surface area contributed by atoms with Crippen LogP contribution in [0.3, 0.4) is 0 Å². The van der Waals surface area contributed by atoms with E-state index in [0.29, 0.717) is 12.6 Å². The van der Waals surface area contributed by atoms with Crippen LogP contribution in [-0.2, 0) is 9.59 Å². The van der Waals surface area contributed by atoms with Crippen molar-refractivity contribution in [2.24, 2.45) is 11.8 Å². The number of hydrogen-bond donors (Lipinski definition) is 0. The molecule has 2 amide bonds. The Balaban J connectivity index is 1.39. The molecule has 3 heterocycles. The number of piperidine rings is 1. The van der Waals surface area contributed by atoms with Gasteiger partial charge in [0, 0.05) is 38.4 Å². The Hall–Kier alpha value is -1.88. The molecule has 2 atom stereocenters. The number of carbonyl (C=O) groups is 2. The van der Waals surface area contributed by atoms with E-state index in [1.165, 1.54) is 56.3 Å². The Morgan fingerprint density at radius 3 is 2.10 bits per heavy atom. The van der Waals surface area contributed by atoms with Gasteiger partial charge < -0.3 is 9.80 Å². The predicted octanol–water partition coefficient (Wildman–Crippen LogP) is 4.08. The predicted molar refractivity (Wildman–Crippen MR) is 123 cm³/mol. The Bertz CT molecular complexity index is 792. The number of anilines is 1. The molecule has 4 aliphatic rings. The lowest BCUT2D eigenvalue weighted by Crippen LogP contribution is -2.59. The summed E-state index contributed by atoms with van der Waals surface area (Å²) in [5.74, 6) is -0.308. The molecule has 5 heteroatoms. The normalized spacial score (nSPS) is 30.4. The van der Waals surface area contributed by atoms with Gasteiger partial charge >= 0.3 is 0 Å². The van der Waals surface area contributed by atoms with Crippen LogP contribution in [0.4, 0.5) is 5.69 Å². The van der Waals surface area contributed by atoms with Gasteiger partial charge in [0.05, 0.1) is 17.4 Å². The SMILES string of the molecule is CN1C(=O)[C@H]2CN(c3ccccc3)C3(CCN(C4CCCCCCCC4)CC3)[C@H]2C1=O. The van der Waals surface area contributed by atoms with Crippen LogP contribution >= 0.6 is 0 Å². The van der Waals surface area contributed by atoms with Crippen molar-refractivity contribution in [1.29, 1.82) is 0 Å². The second-order valence-corrected chi connectivity index (χ2v) is 10.3. The molecular weight excluding hydrogens is 386 g/mol. The summed E-state index contributed by atoms with van der Waals surface area (Å²) in [6, 6.07) is 11.2. The van der Waals surface area contributed by atoms with Crippen molar-refractivity contribution < 1.29 is 9.59 Å². The van der Waals surface area contributed by atoms with Gasteiger partial charge in [-0.25, -0.2) is 0 Å². The standard InChI is InChI=1S/C26H37N3O2/c1-27-24(30)22-19-29(21-13-9-6-10-14-21)26(23(22)25(27)31)15-17-28(18-16-26)20-11-7-4-2-3-5-8-12-20/h6,9-10,13-14,20,22-23H,2-5,7-8,11-12,15-19H2,1H3/t22-,23+/m0/s1. The highest BCUT2D eigenvalue weighted by Crippen LogP contribution is 2.51. The van der Waals surface area contributed by atoms with E-state index in [2.05, 4.69) is 34.1 Å². The third-order valence-corrected chi connectivity index (χ3v) is 8.72. The Morgan fingerprint density at radius 1 is 0.839 bits per heavy atom. The van der Waals surface area contributed by atoms with E-state index >= 15 is 0 Å². The lowest BCUT2D eigenvalue weighted by atomic mass is 9.74. The maximum atomic E-state index is 13.2. The van der Waals surface area contributed by atoms with E-state index in [4.69, 9.17) is 0 Å². The van der Waals surface area contributed by atoms with Crippen LogP contribution < -0.4 is 4.90 Å². The number of carbonyl (C=O) groups excluding carboxylic acids is 2. The maximum absolute atomic E-state index is 13.2. The third-order valence-electron chi connectivity index (χ3n) is 8.72. The minimum atomic E-state index is -0.224.